The van der Waals surface area contributed by atoms with E-state index in [1.54, 1.807) is 54.5 Å². The van der Waals surface area contributed by atoms with E-state index >= 15 is 0 Å². The van der Waals surface area contributed by atoms with Gasteiger partial charge >= 0.3 is 0 Å². The van der Waals surface area contributed by atoms with Crippen molar-refractivity contribution >= 4 is 58.4 Å². The Morgan fingerprint density at radius 3 is 1.07 bits per heavy atom. The van der Waals surface area contributed by atoms with Crippen LogP contribution in [0.25, 0.3) is 0 Å². The minimum absolute atomic E-state index is 0.00559. The van der Waals surface area contributed by atoms with Crippen molar-refractivity contribution in [3.63, 3.8) is 0 Å². The van der Waals surface area contributed by atoms with E-state index < -0.39 is 16.8 Å². The Labute approximate surface area is 659 Å². The fourth-order valence-electron chi connectivity index (χ4n) is 17.1. The molecule has 5 aromatic rings. The van der Waals surface area contributed by atoms with Gasteiger partial charge in [0.05, 0.1) is 17.1 Å². The maximum atomic E-state index is 14.2. The third-order valence-corrected chi connectivity index (χ3v) is 23.1. The molecule has 3 aliphatic heterocycles. The monoisotopic (exact) mass is 1530 g/mol. The summed E-state index contributed by atoms with van der Waals surface area (Å²) in [4.78, 5) is 108. The molecule has 3 atom stereocenters. The highest BCUT2D eigenvalue weighted by Gasteiger charge is 2.49. The Bertz CT molecular complexity index is 3950. The number of hydrogen-bond donors (Lipinski definition) is 5. The van der Waals surface area contributed by atoms with Crippen molar-refractivity contribution in [1.29, 1.82) is 0 Å². The predicted molar refractivity (Wildman–Crippen MR) is 437 cm³/mol. The number of benzene rings is 5. The van der Waals surface area contributed by atoms with E-state index in [1.807, 2.05) is 91.2 Å². The number of hydrogen-bond acceptors (Lipinski definition) is 15. The van der Waals surface area contributed by atoms with Gasteiger partial charge in [-0.1, -0.05) is 125 Å². The highest BCUT2D eigenvalue weighted by molar-refractivity contribution is 6.08. The molecule has 3 aliphatic carbocycles. The van der Waals surface area contributed by atoms with Gasteiger partial charge < -0.3 is 70.0 Å². The van der Waals surface area contributed by atoms with Gasteiger partial charge in [0.15, 0.2) is 16.8 Å². The number of aliphatic hydroxyl groups is 3. The quantitative estimate of drug-likeness (QED) is 0.0312. The number of nitrogens with one attached hydrogen (secondary N) is 1. The molecule has 0 radical (unpaired) electrons. The number of nitrogens with two attached hydrogens (primary N) is 1. The van der Waals surface area contributed by atoms with Gasteiger partial charge in [-0.25, -0.2) is 0 Å². The molecule has 7 amide bonds. The van der Waals surface area contributed by atoms with Crippen molar-refractivity contribution in [2.75, 3.05) is 73.8 Å². The topological polar surface area (TPSA) is 269 Å². The largest absolute Gasteiger partial charge is 0.475 e. The highest BCUT2D eigenvalue weighted by atomic mass is 16.5. The lowest BCUT2D eigenvalue weighted by Gasteiger charge is -2.42. The molecule has 3 unspecified atom stereocenters. The minimum atomic E-state index is -1.22. The summed E-state index contributed by atoms with van der Waals surface area (Å²) < 4.78 is 18.5. The normalized spacial score (nSPS) is 20.1. The van der Waals surface area contributed by atoms with Gasteiger partial charge in [-0.3, -0.25) is 38.5 Å². The van der Waals surface area contributed by atoms with Crippen LogP contribution >= 0.6 is 0 Å². The standard InChI is InChI=1S/C38H49N3O4.C27H41N3O5.C24H37N3O4/c1-28(2)41(32-18-12-7-13-19-32)36(43)33-25-34-35(24-29(33)3)45-38(4,20-23-42)37(44)40(34)22-21-39(26-30-14-8-5-9-15-30)27-31-16-10-6-11-17-31;1-6-24(32)28-13-14-29-22-17-21(25(33)30(18(2)3)20-10-8-7-9-11-20)19(4)16-23(22)35-27(5,12-15-31)26(29)34;1-16(2)27(18-8-6-5-7-9-18)22(29)19-15-20-21(14-17(19)3)31-24(4,10-13-28)23(30)26(20)12-11-25/h5-6,8-11,14-17,24-25,28,32,42H,7,12-13,18-23,26-27H2,1-4H3;16-18,20,31H,6-15H2,1-5H3,(H,28,32);14-16,18,28H,5-13,25H2,1-4H3. The van der Waals surface area contributed by atoms with Gasteiger partial charge in [-0.15, -0.1) is 0 Å². The van der Waals surface area contributed by atoms with Gasteiger partial charge in [0, 0.05) is 151 Å². The molecule has 3 fully saturated rings. The second-order valence-corrected chi connectivity index (χ2v) is 32.7. The van der Waals surface area contributed by atoms with E-state index in [1.165, 1.54) is 30.4 Å². The average Bonchev–Trinajstić information content (AvgIpc) is 0.758. The maximum Gasteiger partial charge on any atom is 0.271 e. The maximum absolute atomic E-state index is 14.2. The van der Waals surface area contributed by atoms with Crippen LogP contribution in [-0.2, 0) is 32.3 Å². The molecular weight excluding hydrogens is 1400 g/mol. The molecular formula is C89H127N9O13. The number of anilines is 3. The van der Waals surface area contributed by atoms with E-state index in [2.05, 4.69) is 80.9 Å². The van der Waals surface area contributed by atoms with Crippen molar-refractivity contribution in [1.82, 2.24) is 24.9 Å². The molecule has 22 heteroatoms. The Morgan fingerprint density at radius 2 is 0.784 bits per heavy atom. The molecule has 5 aromatic carbocycles. The molecule has 3 heterocycles. The molecule has 6 N–H and O–H groups in total. The first kappa shape index (κ1) is 86.6. The zero-order valence-corrected chi connectivity index (χ0v) is 68.5. The van der Waals surface area contributed by atoms with E-state index in [-0.39, 0.29) is 136 Å². The number of rotatable bonds is 28. The second kappa shape index (κ2) is 39.4. The summed E-state index contributed by atoms with van der Waals surface area (Å²) in [7, 11) is 0. The van der Waals surface area contributed by atoms with Crippen LogP contribution in [-0.4, -0.2) is 188 Å². The van der Waals surface area contributed by atoms with Crippen LogP contribution in [0.1, 0.15) is 250 Å². The summed E-state index contributed by atoms with van der Waals surface area (Å²) in [6.45, 7) is 28.2. The van der Waals surface area contributed by atoms with Crippen molar-refractivity contribution in [2.24, 2.45) is 5.73 Å². The molecule has 0 saturated heterocycles. The lowest BCUT2D eigenvalue weighted by molar-refractivity contribution is -0.136. The Kier molecular flexibility index (Phi) is 30.7. The van der Waals surface area contributed by atoms with Crippen molar-refractivity contribution in [3.8, 4) is 17.2 Å². The fourth-order valence-corrected chi connectivity index (χ4v) is 17.1. The number of amides is 7. The van der Waals surface area contributed by atoms with Gasteiger partial charge in [-0.05, 0) is 186 Å². The molecule has 22 nitrogen and oxygen atoms in total. The first-order valence-electron chi connectivity index (χ1n) is 41.1. The van der Waals surface area contributed by atoms with Gasteiger partial charge in [-0.2, -0.15) is 0 Å². The van der Waals surface area contributed by atoms with Crippen LogP contribution in [0.15, 0.2) is 97.1 Å². The highest BCUT2D eigenvalue weighted by Crippen LogP contribution is 2.46. The van der Waals surface area contributed by atoms with Crippen LogP contribution in [0.3, 0.4) is 0 Å². The third-order valence-electron chi connectivity index (χ3n) is 23.1. The summed E-state index contributed by atoms with van der Waals surface area (Å²) in [6, 6.07) is 32.7. The molecule has 111 heavy (non-hydrogen) atoms. The lowest BCUT2D eigenvalue weighted by atomic mass is 9.92. The average molecular weight is 1530 g/mol. The van der Waals surface area contributed by atoms with Gasteiger partial charge in [0.2, 0.25) is 5.91 Å². The number of fused-ring (bicyclic) bond motifs is 3. The van der Waals surface area contributed by atoms with E-state index in [0.29, 0.717) is 77.1 Å². The number of aryl methyl sites for hydroxylation is 3. The van der Waals surface area contributed by atoms with Crippen LogP contribution in [0, 0.1) is 20.8 Å². The fraction of sp³-hybridized carbons (Fsp3) is 0.584. The van der Waals surface area contributed by atoms with Crippen LogP contribution in [0.5, 0.6) is 17.2 Å². The molecule has 3 saturated carbocycles. The van der Waals surface area contributed by atoms with Gasteiger partial charge in [0.1, 0.15) is 17.2 Å². The van der Waals surface area contributed by atoms with Gasteiger partial charge in [0.25, 0.3) is 35.4 Å². The number of carbonyl (C=O) groups excluding carboxylic acids is 7. The van der Waals surface area contributed by atoms with Crippen molar-refractivity contribution < 1.29 is 63.1 Å². The Hall–Kier alpha value is -8.41. The zero-order chi connectivity index (χ0) is 80.5. The first-order chi connectivity index (χ1) is 53.0. The van der Waals surface area contributed by atoms with Crippen LogP contribution < -0.4 is 40.0 Å². The summed E-state index contributed by atoms with van der Waals surface area (Å²) in [6.07, 6.45) is 17.6. The molecule has 0 spiro atoms. The van der Waals surface area contributed by atoms with E-state index in [9.17, 15) is 48.9 Å². The Morgan fingerprint density at radius 1 is 0.477 bits per heavy atom. The van der Waals surface area contributed by atoms with Crippen molar-refractivity contribution in [3.05, 3.63) is 142 Å². The summed E-state index contributed by atoms with van der Waals surface area (Å²) >= 11 is 0. The summed E-state index contributed by atoms with van der Waals surface area (Å²) in [5, 5.41) is 31.7. The first-order valence-corrected chi connectivity index (χ1v) is 41.1. The van der Waals surface area contributed by atoms with Crippen molar-refractivity contribution in [2.45, 2.75) is 278 Å². The third kappa shape index (κ3) is 20.7. The van der Waals surface area contributed by atoms with Crippen LogP contribution in [0.2, 0.25) is 0 Å². The lowest BCUT2D eigenvalue weighted by Crippen LogP contribution is -2.56. The van der Waals surface area contributed by atoms with E-state index in [0.717, 1.165) is 107 Å². The molecule has 11 rings (SSSR count). The molecule has 0 bridgehead atoms. The summed E-state index contributed by atoms with van der Waals surface area (Å²) in [5.74, 6) is 0.803. The summed E-state index contributed by atoms with van der Waals surface area (Å²) in [5.41, 5.74) is 10.6. The molecule has 6 aliphatic rings. The zero-order valence-electron chi connectivity index (χ0n) is 68.5. The number of ether oxygens (including phenoxy) is 3. The van der Waals surface area contributed by atoms with E-state index in [4.69, 9.17) is 19.9 Å². The predicted octanol–water partition coefficient (Wildman–Crippen LogP) is 13.3. The van der Waals surface area contributed by atoms with Crippen LogP contribution in [0.4, 0.5) is 17.1 Å². The second-order valence-electron chi connectivity index (χ2n) is 32.7. The number of carbonyl (C=O) groups is 7. The number of aliphatic hydroxyl groups excluding tert-OH is 3. The number of nitrogens with zero attached hydrogens (tertiary/aromatic N) is 7. The molecule has 606 valence electrons. The minimum Gasteiger partial charge on any atom is -0.475 e. The smallest absolute Gasteiger partial charge is 0.271 e. The SMILES string of the molecule is CCC(=O)NCCN1C(=O)C(C)(CCO)Oc2cc(C)c(C(=O)N(C(C)C)C3CCCCC3)cc21.Cc1cc2c(cc1C(=O)N(C(C)C)C1CCCCC1)N(CCN(Cc1ccccc1)Cc1ccccc1)C(=O)C(C)(CCO)O2.Cc1cc2c(cc1C(=O)N(C(C)C)C1CCCCC1)N(CCN)C(=O)C(C)(CCO)O2. The Balaban J connectivity index is 0.000000195. The molecule has 0 aromatic heterocycles.